The van der Waals surface area contributed by atoms with Gasteiger partial charge in [-0.3, -0.25) is 14.5 Å². The average molecular weight is 580 g/mol. The fourth-order valence-corrected chi connectivity index (χ4v) is 4.97. The van der Waals surface area contributed by atoms with E-state index in [0.717, 1.165) is 9.37 Å². The van der Waals surface area contributed by atoms with Crippen LogP contribution in [0, 0.1) is 0 Å². The Balaban J connectivity index is 1.73. The number of carbonyl (C=O) groups excluding carboxylic acids is 2. The zero-order valence-electron chi connectivity index (χ0n) is 20.5. The number of methoxy groups -OCH3 is 3. The van der Waals surface area contributed by atoms with Gasteiger partial charge in [-0.2, -0.15) is 0 Å². The molecule has 3 aromatic carbocycles. The number of aliphatic hydroxyl groups is 1. The lowest BCUT2D eigenvalue weighted by Gasteiger charge is -2.28. The van der Waals surface area contributed by atoms with Gasteiger partial charge in [0.2, 0.25) is 11.5 Å². The number of rotatable bonds is 7. The van der Waals surface area contributed by atoms with E-state index < -0.39 is 23.5 Å². The van der Waals surface area contributed by atoms with Gasteiger partial charge < -0.3 is 28.8 Å². The number of aromatic hydroxyl groups is 1. The second-order valence-corrected chi connectivity index (χ2v) is 9.32. The Bertz CT molecular complexity index is 1600. The number of hydrogen-bond donors (Lipinski definition) is 2. The van der Waals surface area contributed by atoms with Crippen LogP contribution in [0.25, 0.3) is 11.0 Å². The molecule has 10 heteroatoms. The summed E-state index contributed by atoms with van der Waals surface area (Å²) in [4.78, 5) is 28.5. The van der Waals surface area contributed by atoms with Gasteiger partial charge in [-0.25, -0.2) is 0 Å². The predicted octanol–water partition coefficient (Wildman–Crippen LogP) is 5.71. The van der Waals surface area contributed by atoms with Crippen molar-refractivity contribution in [3.05, 3.63) is 87.8 Å². The Labute approximate surface area is 225 Å². The van der Waals surface area contributed by atoms with Crippen LogP contribution >= 0.6 is 15.9 Å². The number of nitrogens with zero attached hydrogens (tertiary/aromatic N) is 1. The summed E-state index contributed by atoms with van der Waals surface area (Å²) in [6.45, 7) is 0. The molecular weight excluding hydrogens is 558 g/mol. The number of furan rings is 1. The van der Waals surface area contributed by atoms with E-state index in [2.05, 4.69) is 15.9 Å². The number of ether oxygens (including phenoxy) is 3. The Morgan fingerprint density at radius 2 is 1.63 bits per heavy atom. The van der Waals surface area contributed by atoms with Crippen molar-refractivity contribution in [2.45, 2.75) is 6.04 Å². The Kier molecular flexibility index (Phi) is 6.50. The summed E-state index contributed by atoms with van der Waals surface area (Å²) in [5.74, 6) is -1.75. The predicted molar refractivity (Wildman–Crippen MR) is 142 cm³/mol. The van der Waals surface area contributed by atoms with Gasteiger partial charge in [-0.1, -0.05) is 28.1 Å². The van der Waals surface area contributed by atoms with E-state index >= 15 is 0 Å². The summed E-state index contributed by atoms with van der Waals surface area (Å²) in [5.41, 5.74) is 0.690. The molecule has 38 heavy (non-hydrogen) atoms. The molecule has 1 atom stereocenters. The monoisotopic (exact) mass is 579 g/mol. The number of fused-ring (bicyclic) bond motifs is 1. The highest BCUT2D eigenvalue weighted by molar-refractivity contribution is 9.10. The molecule has 0 aliphatic carbocycles. The number of anilines is 1. The second-order valence-electron chi connectivity index (χ2n) is 8.41. The first-order valence-corrected chi connectivity index (χ1v) is 12.2. The quantitative estimate of drug-likeness (QED) is 0.267. The number of halogens is 1. The van der Waals surface area contributed by atoms with E-state index in [1.165, 1.54) is 33.5 Å². The van der Waals surface area contributed by atoms with E-state index in [1.54, 1.807) is 48.5 Å². The van der Waals surface area contributed by atoms with Crippen LogP contribution in [0.4, 0.5) is 5.69 Å². The molecule has 0 saturated heterocycles. The van der Waals surface area contributed by atoms with Crippen LogP contribution in [0.15, 0.2) is 80.9 Å². The normalized spacial score (nSPS) is 15.3. The molecule has 0 bridgehead atoms. The number of phenols is 1. The van der Waals surface area contributed by atoms with Crippen molar-refractivity contribution in [3.63, 3.8) is 0 Å². The molecule has 9 nitrogen and oxygen atoms in total. The topological polar surface area (TPSA) is 119 Å². The standard InChI is InChI=1S/C28H22BrNO8/c1-35-21-12-15(13-22(36-2)27(21)37-3)24-23(25(32)20-11-14-10-16(29)8-9-19(14)38-20)26(33)28(34)30(24)17-6-4-5-7-18(17)31/h4-13,24,31,33H,1-3H3. The SMILES string of the molecule is COc1cc(C2C(C(=O)c3cc4cc(Br)ccc4o3)=C(O)C(=O)N2c2ccccc2O)cc(OC)c1OC. The fraction of sp³-hybridized carbons (Fsp3) is 0.143. The van der Waals surface area contributed by atoms with Crippen molar-refractivity contribution in [2.24, 2.45) is 0 Å². The van der Waals surface area contributed by atoms with Crippen LogP contribution in [0.5, 0.6) is 23.0 Å². The van der Waals surface area contributed by atoms with E-state index in [4.69, 9.17) is 18.6 Å². The number of hydrogen-bond acceptors (Lipinski definition) is 8. The fourth-order valence-electron chi connectivity index (χ4n) is 4.59. The van der Waals surface area contributed by atoms with E-state index in [0.29, 0.717) is 22.3 Å². The maximum atomic E-state index is 13.9. The number of aliphatic hydroxyl groups excluding tert-OH is 1. The minimum Gasteiger partial charge on any atom is -0.506 e. The minimum atomic E-state index is -1.17. The summed E-state index contributed by atoms with van der Waals surface area (Å²) in [6.07, 6.45) is 0. The Hall–Kier alpha value is -4.44. The van der Waals surface area contributed by atoms with Crippen LogP contribution in [-0.4, -0.2) is 43.2 Å². The van der Waals surface area contributed by atoms with E-state index in [-0.39, 0.29) is 34.3 Å². The van der Waals surface area contributed by atoms with Crippen LogP contribution in [-0.2, 0) is 4.79 Å². The average Bonchev–Trinajstić information content (AvgIpc) is 3.46. The lowest BCUT2D eigenvalue weighted by atomic mass is 9.94. The highest BCUT2D eigenvalue weighted by Crippen LogP contribution is 2.48. The van der Waals surface area contributed by atoms with E-state index in [9.17, 15) is 19.8 Å². The summed E-state index contributed by atoms with van der Waals surface area (Å²) in [7, 11) is 4.33. The molecule has 2 heterocycles. The molecule has 0 spiro atoms. The highest BCUT2D eigenvalue weighted by atomic mass is 79.9. The van der Waals surface area contributed by atoms with Crippen molar-refractivity contribution in [3.8, 4) is 23.0 Å². The van der Waals surface area contributed by atoms with Crippen molar-refractivity contribution >= 4 is 44.3 Å². The van der Waals surface area contributed by atoms with Crippen molar-refractivity contribution in [1.82, 2.24) is 0 Å². The number of carbonyl (C=O) groups is 2. The number of amides is 1. The number of ketones is 1. The molecule has 0 saturated carbocycles. The van der Waals surface area contributed by atoms with Gasteiger partial charge in [-0.05, 0) is 54.1 Å². The number of benzene rings is 3. The molecule has 1 amide bonds. The minimum absolute atomic E-state index is 0.0657. The first-order chi connectivity index (χ1) is 18.3. The van der Waals surface area contributed by atoms with Gasteiger partial charge in [0.25, 0.3) is 5.91 Å². The lowest BCUT2D eigenvalue weighted by Crippen LogP contribution is -2.31. The number of para-hydroxylation sites is 2. The molecule has 5 rings (SSSR count). The summed E-state index contributed by atoms with van der Waals surface area (Å²) >= 11 is 3.40. The summed E-state index contributed by atoms with van der Waals surface area (Å²) in [5, 5.41) is 22.3. The lowest BCUT2D eigenvalue weighted by molar-refractivity contribution is -0.117. The second kappa shape index (κ2) is 9.79. The van der Waals surface area contributed by atoms with Gasteiger partial charge in [-0.15, -0.1) is 0 Å². The molecule has 0 fully saturated rings. The number of Topliss-reactive ketones (excluding diaryl/α,β-unsaturated/α-hetero) is 1. The third kappa shape index (κ3) is 4.03. The maximum Gasteiger partial charge on any atom is 0.294 e. The van der Waals surface area contributed by atoms with Gasteiger partial charge in [0.1, 0.15) is 11.3 Å². The summed E-state index contributed by atoms with van der Waals surface area (Å²) < 4.78 is 23.0. The highest BCUT2D eigenvalue weighted by Gasteiger charge is 2.46. The zero-order chi connectivity index (χ0) is 27.1. The molecule has 1 aromatic heterocycles. The van der Waals surface area contributed by atoms with Gasteiger partial charge in [0.05, 0.1) is 38.6 Å². The Morgan fingerprint density at radius 1 is 0.947 bits per heavy atom. The first kappa shape index (κ1) is 25.2. The maximum absolute atomic E-state index is 13.9. The van der Waals surface area contributed by atoms with Crippen molar-refractivity contribution in [1.29, 1.82) is 0 Å². The van der Waals surface area contributed by atoms with E-state index in [1.807, 2.05) is 0 Å². The number of phenolic OH excluding ortho intramolecular Hbond substituents is 1. The largest absolute Gasteiger partial charge is 0.506 e. The van der Waals surface area contributed by atoms with Crippen LogP contribution in [0.2, 0.25) is 0 Å². The third-order valence-electron chi connectivity index (χ3n) is 6.30. The molecule has 0 radical (unpaired) electrons. The Morgan fingerprint density at radius 3 is 2.26 bits per heavy atom. The molecule has 1 unspecified atom stereocenters. The van der Waals surface area contributed by atoms with Crippen LogP contribution in [0.3, 0.4) is 0 Å². The molecular formula is C28H22BrNO8. The molecule has 4 aromatic rings. The van der Waals surface area contributed by atoms with Crippen LogP contribution in [0.1, 0.15) is 22.2 Å². The third-order valence-corrected chi connectivity index (χ3v) is 6.79. The first-order valence-electron chi connectivity index (χ1n) is 11.4. The zero-order valence-corrected chi connectivity index (χ0v) is 22.1. The molecule has 1 aliphatic heterocycles. The van der Waals surface area contributed by atoms with Gasteiger partial charge in [0.15, 0.2) is 23.0 Å². The van der Waals surface area contributed by atoms with Gasteiger partial charge >= 0.3 is 0 Å². The molecule has 1 aliphatic rings. The summed E-state index contributed by atoms with van der Waals surface area (Å²) in [6, 6.07) is 14.9. The van der Waals surface area contributed by atoms with Crippen molar-refractivity contribution < 1.29 is 38.4 Å². The van der Waals surface area contributed by atoms with Crippen LogP contribution < -0.4 is 19.1 Å². The van der Waals surface area contributed by atoms with Crippen molar-refractivity contribution in [2.75, 3.05) is 26.2 Å². The molecule has 2 N–H and O–H groups in total. The van der Waals surface area contributed by atoms with Gasteiger partial charge in [0, 0.05) is 9.86 Å². The smallest absolute Gasteiger partial charge is 0.294 e. The molecule has 194 valence electrons.